The van der Waals surface area contributed by atoms with E-state index < -0.39 is 5.91 Å². The molecule has 21 heavy (non-hydrogen) atoms. The highest BCUT2D eigenvalue weighted by Gasteiger charge is 2.09. The van der Waals surface area contributed by atoms with Crippen LogP contribution in [0.2, 0.25) is 0 Å². The number of primary amides is 1. The van der Waals surface area contributed by atoms with Gasteiger partial charge in [0.25, 0.3) is 5.91 Å². The van der Waals surface area contributed by atoms with Crippen molar-refractivity contribution < 1.29 is 9.59 Å². The van der Waals surface area contributed by atoms with E-state index in [2.05, 4.69) is 20.6 Å². The minimum Gasteiger partial charge on any atom is -0.368 e. The Morgan fingerprint density at radius 1 is 1.33 bits per heavy atom. The molecule has 0 aliphatic carbocycles. The van der Waals surface area contributed by atoms with E-state index in [9.17, 15) is 9.59 Å². The summed E-state index contributed by atoms with van der Waals surface area (Å²) >= 11 is 0. The van der Waals surface area contributed by atoms with Crippen molar-refractivity contribution in [1.29, 1.82) is 0 Å². The van der Waals surface area contributed by atoms with Crippen molar-refractivity contribution in [3.8, 4) is 0 Å². The topological polar surface area (TPSA) is 119 Å². The maximum atomic E-state index is 12.1. The van der Waals surface area contributed by atoms with E-state index in [-0.39, 0.29) is 12.5 Å². The van der Waals surface area contributed by atoms with Crippen LogP contribution >= 0.6 is 0 Å². The Kier molecular flexibility index (Phi) is 3.11. The highest BCUT2D eigenvalue weighted by molar-refractivity contribution is 6.05. The molecule has 8 heteroatoms. The molecular formula is C13H12N6O2. The SMILES string of the molecule is NC(=O)Cn1cc(NC(=O)c2ccc3cn[nH]c3c2)cn1. The maximum Gasteiger partial charge on any atom is 0.255 e. The second-order valence-corrected chi connectivity index (χ2v) is 4.52. The van der Waals surface area contributed by atoms with Gasteiger partial charge in [-0.3, -0.25) is 19.4 Å². The van der Waals surface area contributed by atoms with E-state index in [4.69, 9.17) is 5.73 Å². The summed E-state index contributed by atoms with van der Waals surface area (Å²) in [6.45, 7) is -0.0318. The molecule has 0 spiro atoms. The molecule has 8 nitrogen and oxygen atoms in total. The summed E-state index contributed by atoms with van der Waals surface area (Å²) in [6.07, 6.45) is 4.68. The molecule has 2 aromatic heterocycles. The molecular weight excluding hydrogens is 272 g/mol. The Bertz CT molecular complexity index is 819. The Labute approximate surface area is 118 Å². The number of H-pyrrole nitrogens is 1. The first-order chi connectivity index (χ1) is 10.1. The quantitative estimate of drug-likeness (QED) is 0.646. The molecule has 0 unspecified atom stereocenters. The minimum atomic E-state index is -0.499. The van der Waals surface area contributed by atoms with Crippen molar-refractivity contribution in [2.75, 3.05) is 5.32 Å². The van der Waals surface area contributed by atoms with Crippen LogP contribution in [0.15, 0.2) is 36.8 Å². The van der Waals surface area contributed by atoms with Crippen molar-refractivity contribution in [2.45, 2.75) is 6.54 Å². The number of fused-ring (bicyclic) bond motifs is 1. The fourth-order valence-corrected chi connectivity index (χ4v) is 1.96. The van der Waals surface area contributed by atoms with Gasteiger partial charge in [-0.15, -0.1) is 0 Å². The fourth-order valence-electron chi connectivity index (χ4n) is 1.96. The lowest BCUT2D eigenvalue weighted by molar-refractivity contribution is -0.118. The van der Waals surface area contributed by atoms with Crippen molar-refractivity contribution in [3.05, 3.63) is 42.4 Å². The highest BCUT2D eigenvalue weighted by Crippen LogP contribution is 2.14. The summed E-state index contributed by atoms with van der Waals surface area (Å²) in [7, 11) is 0. The monoisotopic (exact) mass is 284 g/mol. The van der Waals surface area contributed by atoms with Crippen LogP contribution in [0, 0.1) is 0 Å². The third kappa shape index (κ3) is 2.73. The first-order valence-corrected chi connectivity index (χ1v) is 6.17. The molecule has 0 aliphatic heterocycles. The van der Waals surface area contributed by atoms with E-state index >= 15 is 0 Å². The molecule has 0 atom stereocenters. The van der Waals surface area contributed by atoms with Gasteiger partial charge in [0.05, 0.1) is 23.6 Å². The lowest BCUT2D eigenvalue weighted by Crippen LogP contribution is -2.18. The van der Waals surface area contributed by atoms with Crippen LogP contribution in [0.25, 0.3) is 10.9 Å². The third-order valence-electron chi connectivity index (χ3n) is 2.91. The zero-order chi connectivity index (χ0) is 14.8. The van der Waals surface area contributed by atoms with Crippen LogP contribution < -0.4 is 11.1 Å². The number of aromatic amines is 1. The van der Waals surface area contributed by atoms with Crippen molar-refractivity contribution >= 4 is 28.4 Å². The number of anilines is 1. The molecule has 0 bridgehead atoms. The fraction of sp³-hybridized carbons (Fsp3) is 0.0769. The number of rotatable bonds is 4. The van der Waals surface area contributed by atoms with E-state index in [0.29, 0.717) is 11.3 Å². The standard InChI is InChI=1S/C13H12N6O2/c14-12(20)7-19-6-10(5-16-19)17-13(21)8-1-2-9-4-15-18-11(9)3-8/h1-6H,7H2,(H2,14,20)(H,15,18)(H,17,21). The molecule has 4 N–H and O–H groups in total. The second-order valence-electron chi connectivity index (χ2n) is 4.52. The van der Waals surface area contributed by atoms with Gasteiger partial charge < -0.3 is 11.1 Å². The first kappa shape index (κ1) is 12.9. The van der Waals surface area contributed by atoms with Crippen LogP contribution in [-0.2, 0) is 11.3 Å². The van der Waals surface area contributed by atoms with E-state index in [0.717, 1.165) is 10.9 Å². The van der Waals surface area contributed by atoms with Crippen molar-refractivity contribution in [1.82, 2.24) is 20.0 Å². The van der Waals surface area contributed by atoms with Gasteiger partial charge in [-0.25, -0.2) is 0 Å². The average molecular weight is 284 g/mol. The normalized spacial score (nSPS) is 10.7. The number of carbonyl (C=O) groups excluding carboxylic acids is 2. The largest absolute Gasteiger partial charge is 0.368 e. The summed E-state index contributed by atoms with van der Waals surface area (Å²) in [5.41, 5.74) is 6.84. The van der Waals surface area contributed by atoms with E-state index in [1.807, 2.05) is 6.07 Å². The van der Waals surface area contributed by atoms with Gasteiger partial charge in [0.15, 0.2) is 0 Å². The van der Waals surface area contributed by atoms with Gasteiger partial charge in [-0.2, -0.15) is 10.2 Å². The van der Waals surface area contributed by atoms with Gasteiger partial charge >= 0.3 is 0 Å². The predicted molar refractivity (Wildman–Crippen MR) is 75.5 cm³/mol. The summed E-state index contributed by atoms with van der Waals surface area (Å²) in [5, 5.41) is 14.3. The number of nitrogens with two attached hydrogens (primary N) is 1. The Balaban J connectivity index is 1.76. The molecule has 0 saturated heterocycles. The summed E-state index contributed by atoms with van der Waals surface area (Å²) in [4.78, 5) is 22.9. The number of nitrogens with one attached hydrogen (secondary N) is 2. The molecule has 3 rings (SSSR count). The molecule has 0 radical (unpaired) electrons. The number of carbonyl (C=O) groups is 2. The predicted octanol–water partition coefficient (Wildman–Crippen LogP) is 0.497. The molecule has 3 aromatic rings. The van der Waals surface area contributed by atoms with E-state index in [1.165, 1.54) is 17.1 Å². The summed E-state index contributed by atoms with van der Waals surface area (Å²) < 4.78 is 1.36. The number of amides is 2. The maximum absolute atomic E-state index is 12.1. The van der Waals surface area contributed by atoms with Crippen molar-refractivity contribution in [3.63, 3.8) is 0 Å². The summed E-state index contributed by atoms with van der Waals surface area (Å²) in [5.74, 6) is -0.772. The van der Waals surface area contributed by atoms with Crippen LogP contribution in [-0.4, -0.2) is 31.8 Å². The molecule has 106 valence electrons. The first-order valence-electron chi connectivity index (χ1n) is 6.17. The molecule has 0 saturated carbocycles. The van der Waals surface area contributed by atoms with Crippen molar-refractivity contribution in [2.24, 2.45) is 5.73 Å². The Morgan fingerprint density at radius 2 is 2.19 bits per heavy atom. The molecule has 2 amide bonds. The smallest absolute Gasteiger partial charge is 0.255 e. The zero-order valence-corrected chi connectivity index (χ0v) is 10.9. The van der Waals surface area contributed by atoms with Gasteiger partial charge in [0.1, 0.15) is 6.54 Å². The highest BCUT2D eigenvalue weighted by atomic mass is 16.2. The van der Waals surface area contributed by atoms with Gasteiger partial charge in [0, 0.05) is 17.1 Å². The zero-order valence-electron chi connectivity index (χ0n) is 10.9. The lowest BCUT2D eigenvalue weighted by Gasteiger charge is -2.02. The third-order valence-corrected chi connectivity index (χ3v) is 2.91. The van der Waals surface area contributed by atoms with E-state index in [1.54, 1.807) is 18.3 Å². The number of aromatic nitrogens is 4. The van der Waals surface area contributed by atoms with Crippen LogP contribution in [0.5, 0.6) is 0 Å². The van der Waals surface area contributed by atoms with Crippen LogP contribution in [0.1, 0.15) is 10.4 Å². The Hall–Kier alpha value is -3.16. The number of hydrogen-bond acceptors (Lipinski definition) is 4. The molecule has 0 fully saturated rings. The molecule has 1 aromatic carbocycles. The molecule has 0 aliphatic rings. The van der Waals surface area contributed by atoms with Crippen LogP contribution in [0.3, 0.4) is 0 Å². The number of hydrogen-bond donors (Lipinski definition) is 3. The van der Waals surface area contributed by atoms with Gasteiger partial charge in [0.2, 0.25) is 5.91 Å². The van der Waals surface area contributed by atoms with Gasteiger partial charge in [-0.1, -0.05) is 6.07 Å². The van der Waals surface area contributed by atoms with Crippen LogP contribution in [0.4, 0.5) is 5.69 Å². The number of nitrogens with zero attached hydrogens (tertiary/aromatic N) is 3. The number of benzene rings is 1. The lowest BCUT2D eigenvalue weighted by atomic mass is 10.1. The minimum absolute atomic E-state index is 0.0318. The summed E-state index contributed by atoms with van der Waals surface area (Å²) in [6, 6.07) is 5.23. The Morgan fingerprint density at radius 3 is 3.00 bits per heavy atom. The second kappa shape index (κ2) is 5.08. The average Bonchev–Trinajstić information content (AvgIpc) is 3.06. The van der Waals surface area contributed by atoms with Gasteiger partial charge in [-0.05, 0) is 12.1 Å². The molecule has 2 heterocycles.